The summed E-state index contributed by atoms with van der Waals surface area (Å²) < 4.78 is 11.2. The van der Waals surface area contributed by atoms with Crippen molar-refractivity contribution in [3.8, 4) is 0 Å². The lowest BCUT2D eigenvalue weighted by atomic mass is 9.87. The van der Waals surface area contributed by atoms with E-state index in [1.54, 1.807) is 13.4 Å². The molecule has 2 aromatic rings. The first-order chi connectivity index (χ1) is 17.6. The first-order valence-electron chi connectivity index (χ1n) is 13.6. The SMILES string of the molecule is COC1=C/C(c2[nH]c3ccc(C4CCN(C5COC5)CC4)cc3c2C(C)C)=C\CCC2CC1=NC=N2. The Morgan fingerprint density at radius 3 is 2.69 bits per heavy atom. The number of piperidine rings is 1. The van der Waals surface area contributed by atoms with Gasteiger partial charge >= 0.3 is 0 Å². The highest BCUT2D eigenvalue weighted by atomic mass is 16.5. The van der Waals surface area contributed by atoms with E-state index in [0.29, 0.717) is 17.9 Å². The highest BCUT2D eigenvalue weighted by Crippen LogP contribution is 2.38. The monoisotopic (exact) mass is 486 g/mol. The van der Waals surface area contributed by atoms with Gasteiger partial charge in [-0.2, -0.15) is 0 Å². The van der Waals surface area contributed by atoms with E-state index in [9.17, 15) is 0 Å². The predicted molar refractivity (Wildman–Crippen MR) is 147 cm³/mol. The van der Waals surface area contributed by atoms with Crippen molar-refractivity contribution >= 4 is 28.5 Å². The van der Waals surface area contributed by atoms with Crippen molar-refractivity contribution in [2.24, 2.45) is 9.98 Å². The van der Waals surface area contributed by atoms with Gasteiger partial charge in [0.2, 0.25) is 0 Å². The normalized spacial score (nSPS) is 25.4. The second-order valence-corrected chi connectivity index (χ2v) is 11.0. The Morgan fingerprint density at radius 1 is 1.14 bits per heavy atom. The van der Waals surface area contributed by atoms with E-state index in [2.05, 4.69) is 64.1 Å². The summed E-state index contributed by atoms with van der Waals surface area (Å²) in [6.07, 6.45) is 11.6. The minimum Gasteiger partial charge on any atom is -0.495 e. The van der Waals surface area contributed by atoms with E-state index >= 15 is 0 Å². The van der Waals surface area contributed by atoms with Gasteiger partial charge in [0.25, 0.3) is 0 Å². The summed E-state index contributed by atoms with van der Waals surface area (Å²) in [6.45, 7) is 8.79. The zero-order valence-electron chi connectivity index (χ0n) is 21.8. The van der Waals surface area contributed by atoms with Crippen LogP contribution in [-0.4, -0.2) is 67.4 Å². The van der Waals surface area contributed by atoms with Gasteiger partial charge in [0, 0.05) is 23.0 Å². The molecule has 1 unspecified atom stereocenters. The maximum absolute atomic E-state index is 5.83. The van der Waals surface area contributed by atoms with E-state index in [0.717, 1.165) is 43.9 Å². The number of benzene rings is 1. The van der Waals surface area contributed by atoms with Crippen LogP contribution in [-0.2, 0) is 9.47 Å². The summed E-state index contributed by atoms with van der Waals surface area (Å²) in [5.41, 5.74) is 7.50. The molecule has 1 atom stereocenters. The number of hydrogen-bond donors (Lipinski definition) is 1. The summed E-state index contributed by atoms with van der Waals surface area (Å²) in [7, 11) is 1.74. The Labute approximate surface area is 214 Å². The number of nitrogens with one attached hydrogen (secondary N) is 1. The molecule has 6 nitrogen and oxygen atoms in total. The molecule has 1 N–H and O–H groups in total. The summed E-state index contributed by atoms with van der Waals surface area (Å²) in [5.74, 6) is 1.88. The van der Waals surface area contributed by atoms with Gasteiger partial charge in [-0.25, -0.2) is 4.99 Å². The number of ether oxygens (including phenoxy) is 2. The van der Waals surface area contributed by atoms with Gasteiger partial charge < -0.3 is 14.5 Å². The van der Waals surface area contributed by atoms with Crippen LogP contribution in [0.4, 0.5) is 0 Å². The second-order valence-electron chi connectivity index (χ2n) is 11.0. The Bertz CT molecular complexity index is 1240. The van der Waals surface area contributed by atoms with Crippen LogP contribution in [0.15, 0.2) is 46.1 Å². The van der Waals surface area contributed by atoms with Crippen molar-refractivity contribution in [3.63, 3.8) is 0 Å². The number of aliphatic imine (C=N–C) groups is 2. The average Bonchev–Trinajstić information content (AvgIpc) is 3.26. The van der Waals surface area contributed by atoms with E-state index < -0.39 is 0 Å². The lowest BCUT2D eigenvalue weighted by molar-refractivity contribution is -0.0712. The topological polar surface area (TPSA) is 62.2 Å². The van der Waals surface area contributed by atoms with Crippen LogP contribution in [0.1, 0.15) is 74.6 Å². The molecule has 6 rings (SSSR count). The Morgan fingerprint density at radius 2 is 1.97 bits per heavy atom. The fourth-order valence-corrected chi connectivity index (χ4v) is 6.28. The van der Waals surface area contributed by atoms with Crippen molar-refractivity contribution in [2.75, 3.05) is 33.4 Å². The Hall–Kier alpha value is -2.70. The largest absolute Gasteiger partial charge is 0.495 e. The van der Waals surface area contributed by atoms with Gasteiger partial charge in [0.1, 0.15) is 12.1 Å². The van der Waals surface area contributed by atoms with Crippen LogP contribution in [0.2, 0.25) is 0 Å². The number of fused-ring (bicyclic) bond motifs is 3. The first-order valence-corrected chi connectivity index (χ1v) is 13.6. The van der Waals surface area contributed by atoms with Gasteiger partial charge in [-0.1, -0.05) is 26.0 Å². The maximum Gasteiger partial charge on any atom is 0.141 e. The lowest BCUT2D eigenvalue weighted by Gasteiger charge is -2.41. The highest BCUT2D eigenvalue weighted by molar-refractivity contribution is 6.05. The summed E-state index contributed by atoms with van der Waals surface area (Å²) >= 11 is 0. The van der Waals surface area contributed by atoms with E-state index in [1.807, 2.05) is 0 Å². The van der Waals surface area contributed by atoms with Crippen molar-refractivity contribution in [1.82, 2.24) is 9.88 Å². The first kappa shape index (κ1) is 23.7. The number of rotatable bonds is 5. The number of aromatic amines is 1. The van der Waals surface area contributed by atoms with Crippen LogP contribution >= 0.6 is 0 Å². The molecule has 2 bridgehead atoms. The number of allylic oxidation sites excluding steroid dienone is 4. The van der Waals surface area contributed by atoms with Gasteiger partial charge in [-0.15, -0.1) is 0 Å². The van der Waals surface area contributed by atoms with Crippen LogP contribution in [0.3, 0.4) is 0 Å². The number of methoxy groups -OCH3 is 1. The molecular weight excluding hydrogens is 448 g/mol. The molecule has 3 aliphatic heterocycles. The maximum atomic E-state index is 5.83. The average molecular weight is 487 g/mol. The molecule has 4 heterocycles. The summed E-state index contributed by atoms with van der Waals surface area (Å²) in [5, 5.41) is 1.36. The van der Waals surface area contributed by atoms with Crippen LogP contribution < -0.4 is 0 Å². The molecule has 4 aliphatic rings. The minimum atomic E-state index is 0.282. The van der Waals surface area contributed by atoms with E-state index in [1.165, 1.54) is 59.2 Å². The molecule has 0 spiro atoms. The number of aromatic nitrogens is 1. The molecule has 0 amide bonds. The van der Waals surface area contributed by atoms with E-state index in [-0.39, 0.29) is 6.04 Å². The zero-order chi connectivity index (χ0) is 24.6. The zero-order valence-corrected chi connectivity index (χ0v) is 21.8. The van der Waals surface area contributed by atoms with Gasteiger partial charge in [-0.05, 0) is 85.5 Å². The number of hydrogen-bond acceptors (Lipinski definition) is 5. The number of nitrogens with zero attached hydrogens (tertiary/aromatic N) is 3. The third kappa shape index (κ3) is 4.46. The highest BCUT2D eigenvalue weighted by Gasteiger charge is 2.30. The quantitative estimate of drug-likeness (QED) is 0.579. The van der Waals surface area contributed by atoms with E-state index in [4.69, 9.17) is 9.47 Å². The molecule has 0 saturated carbocycles. The standard InChI is InChI=1S/C30H38N4O2/c1-19(2)29-25-13-21(20-9-11-34(12-10-20)24-16-36-17-24)7-8-26(25)33-30(29)22-5-4-6-23-15-27(32-18-31-23)28(14-22)35-3/h5,7-8,13-14,18-20,23-24,33H,4,6,9-12,15-17H2,1-3H3/b22-5+,28-14?. The Kier molecular flexibility index (Phi) is 6.57. The van der Waals surface area contributed by atoms with Gasteiger partial charge in [0.05, 0.1) is 38.1 Å². The minimum absolute atomic E-state index is 0.282. The van der Waals surface area contributed by atoms with Crippen molar-refractivity contribution in [3.05, 3.63) is 52.9 Å². The number of H-pyrrole nitrogens is 1. The summed E-state index contributed by atoms with van der Waals surface area (Å²) in [6, 6.07) is 8.05. The van der Waals surface area contributed by atoms with Crippen LogP contribution in [0.5, 0.6) is 0 Å². The third-order valence-electron chi connectivity index (χ3n) is 8.44. The smallest absolute Gasteiger partial charge is 0.141 e. The Balaban J connectivity index is 1.34. The van der Waals surface area contributed by atoms with Crippen molar-refractivity contribution in [1.29, 1.82) is 0 Å². The molecule has 36 heavy (non-hydrogen) atoms. The molecule has 1 aliphatic carbocycles. The van der Waals surface area contributed by atoms with Crippen molar-refractivity contribution in [2.45, 2.75) is 69.9 Å². The molecule has 190 valence electrons. The third-order valence-corrected chi connectivity index (χ3v) is 8.44. The fraction of sp³-hybridized carbons (Fsp3) is 0.533. The molecule has 2 saturated heterocycles. The van der Waals surface area contributed by atoms with Gasteiger partial charge in [0.15, 0.2) is 0 Å². The lowest BCUT2D eigenvalue weighted by Crippen LogP contribution is -2.51. The molecule has 6 heteroatoms. The van der Waals surface area contributed by atoms with Crippen LogP contribution in [0, 0.1) is 0 Å². The molecule has 2 fully saturated rings. The predicted octanol–water partition coefficient (Wildman–Crippen LogP) is 5.82. The molecule has 1 aromatic heterocycles. The number of likely N-dealkylation sites (tertiary alicyclic amines) is 1. The van der Waals surface area contributed by atoms with Gasteiger partial charge in [-0.3, -0.25) is 9.89 Å². The van der Waals surface area contributed by atoms with Crippen molar-refractivity contribution < 1.29 is 9.47 Å². The van der Waals surface area contributed by atoms with Crippen LogP contribution in [0.25, 0.3) is 16.5 Å². The second kappa shape index (κ2) is 9.98. The molecule has 1 aromatic carbocycles. The molecular formula is C30H38N4O2. The summed E-state index contributed by atoms with van der Waals surface area (Å²) in [4.78, 5) is 15.5. The fourth-order valence-electron chi connectivity index (χ4n) is 6.28. The molecule has 0 radical (unpaired) electrons.